The Hall–Kier alpha value is -1.55. The van der Waals surface area contributed by atoms with Crippen LogP contribution in [-0.4, -0.2) is 24.2 Å². The molecule has 1 aliphatic rings. The molecular formula is C13H17NO3. The zero-order valence-corrected chi connectivity index (χ0v) is 9.90. The summed E-state index contributed by atoms with van der Waals surface area (Å²) in [6.45, 7) is 0.717. The number of methoxy groups -OCH3 is 1. The van der Waals surface area contributed by atoms with E-state index in [0.29, 0.717) is 11.8 Å². The Kier molecular flexibility index (Phi) is 3.64. The zero-order chi connectivity index (χ0) is 12.3. The Labute approximate surface area is 101 Å². The summed E-state index contributed by atoms with van der Waals surface area (Å²) >= 11 is 0. The number of carbonyl (C=O) groups is 1. The molecule has 1 fully saturated rings. The lowest BCUT2D eigenvalue weighted by Gasteiger charge is -2.26. The Morgan fingerprint density at radius 2 is 2.29 bits per heavy atom. The van der Waals surface area contributed by atoms with E-state index in [0.717, 1.165) is 12.1 Å². The molecule has 0 radical (unpaired) electrons. The largest absolute Gasteiger partial charge is 0.496 e. The van der Waals surface area contributed by atoms with Gasteiger partial charge in [0.25, 0.3) is 0 Å². The van der Waals surface area contributed by atoms with Crippen LogP contribution in [0.1, 0.15) is 35.2 Å². The summed E-state index contributed by atoms with van der Waals surface area (Å²) in [6, 6.07) is 5.88. The van der Waals surface area contributed by atoms with Gasteiger partial charge in [0.05, 0.1) is 7.11 Å². The number of benzene rings is 1. The molecule has 2 rings (SSSR count). The Bertz CT molecular complexity index is 413. The van der Waals surface area contributed by atoms with E-state index in [9.17, 15) is 4.79 Å². The minimum atomic E-state index is -0.952. The first-order valence-corrected chi connectivity index (χ1v) is 5.84. The van der Waals surface area contributed by atoms with Gasteiger partial charge in [-0.1, -0.05) is 12.5 Å². The van der Waals surface area contributed by atoms with E-state index in [1.165, 1.54) is 26.4 Å². The van der Waals surface area contributed by atoms with Crippen molar-refractivity contribution in [2.45, 2.75) is 31.8 Å². The van der Waals surface area contributed by atoms with Crippen LogP contribution in [0.25, 0.3) is 0 Å². The minimum absolute atomic E-state index is 0.223. The van der Waals surface area contributed by atoms with Crippen molar-refractivity contribution in [3.8, 4) is 5.75 Å². The van der Waals surface area contributed by atoms with Crippen molar-refractivity contribution in [1.29, 1.82) is 0 Å². The fraction of sp³-hybridized carbons (Fsp3) is 0.462. The monoisotopic (exact) mass is 235 g/mol. The number of nitrogens with one attached hydrogen (secondary N) is 1. The summed E-state index contributed by atoms with van der Waals surface area (Å²) in [5, 5.41) is 12.5. The van der Waals surface area contributed by atoms with E-state index in [2.05, 4.69) is 5.32 Å². The molecule has 4 nitrogen and oxygen atoms in total. The number of aromatic carboxylic acids is 1. The number of carboxylic acid groups (broad SMARTS) is 1. The van der Waals surface area contributed by atoms with Crippen LogP contribution in [0.3, 0.4) is 0 Å². The molecular weight excluding hydrogens is 218 g/mol. The van der Waals surface area contributed by atoms with Crippen molar-refractivity contribution < 1.29 is 14.6 Å². The van der Waals surface area contributed by atoms with Crippen LogP contribution in [0.15, 0.2) is 18.2 Å². The standard InChI is InChI=1S/C13H17NO3/c1-17-12-6-5-9(7-11(12)13(15)16)8-14-10-3-2-4-10/h5-7,10,14H,2-4,8H2,1H3,(H,15,16). The number of ether oxygens (including phenoxy) is 1. The first-order valence-electron chi connectivity index (χ1n) is 5.84. The molecule has 4 heteroatoms. The second-order valence-corrected chi connectivity index (χ2v) is 4.35. The molecule has 0 bridgehead atoms. The molecule has 0 spiro atoms. The van der Waals surface area contributed by atoms with Gasteiger partial charge in [-0.25, -0.2) is 4.79 Å². The highest BCUT2D eigenvalue weighted by molar-refractivity contribution is 5.91. The van der Waals surface area contributed by atoms with Gasteiger partial charge in [0.1, 0.15) is 11.3 Å². The number of hydrogen-bond acceptors (Lipinski definition) is 3. The minimum Gasteiger partial charge on any atom is -0.496 e. The van der Waals surface area contributed by atoms with Gasteiger partial charge in [0, 0.05) is 12.6 Å². The summed E-state index contributed by atoms with van der Waals surface area (Å²) in [5.41, 5.74) is 1.20. The van der Waals surface area contributed by atoms with Crippen LogP contribution in [0.2, 0.25) is 0 Å². The van der Waals surface area contributed by atoms with Crippen molar-refractivity contribution in [3.63, 3.8) is 0 Å². The predicted octanol–water partition coefficient (Wildman–Crippen LogP) is 2.04. The molecule has 0 atom stereocenters. The summed E-state index contributed by atoms with van der Waals surface area (Å²) in [5.74, 6) is -0.544. The Morgan fingerprint density at radius 1 is 1.53 bits per heavy atom. The van der Waals surface area contributed by atoms with Crippen LogP contribution in [0, 0.1) is 0 Å². The highest BCUT2D eigenvalue weighted by Crippen LogP contribution is 2.21. The fourth-order valence-corrected chi connectivity index (χ4v) is 1.91. The quantitative estimate of drug-likeness (QED) is 0.820. The maximum atomic E-state index is 11.0. The highest BCUT2D eigenvalue weighted by atomic mass is 16.5. The molecule has 1 aromatic rings. The van der Waals surface area contributed by atoms with Crippen molar-refractivity contribution in [3.05, 3.63) is 29.3 Å². The average molecular weight is 235 g/mol. The van der Waals surface area contributed by atoms with Crippen molar-refractivity contribution in [1.82, 2.24) is 5.32 Å². The van der Waals surface area contributed by atoms with Crippen LogP contribution in [0.5, 0.6) is 5.75 Å². The molecule has 1 saturated carbocycles. The number of hydrogen-bond donors (Lipinski definition) is 2. The SMILES string of the molecule is COc1ccc(CNC2CCC2)cc1C(=O)O. The molecule has 92 valence electrons. The Balaban J connectivity index is 2.06. The molecule has 2 N–H and O–H groups in total. The second kappa shape index (κ2) is 5.19. The van der Waals surface area contributed by atoms with Crippen molar-refractivity contribution in [2.24, 2.45) is 0 Å². The third kappa shape index (κ3) is 2.77. The van der Waals surface area contributed by atoms with Gasteiger partial charge >= 0.3 is 5.97 Å². The van der Waals surface area contributed by atoms with Crippen LogP contribution >= 0.6 is 0 Å². The summed E-state index contributed by atoms with van der Waals surface area (Å²) < 4.78 is 5.02. The smallest absolute Gasteiger partial charge is 0.339 e. The van der Waals surface area contributed by atoms with E-state index in [4.69, 9.17) is 9.84 Å². The van der Waals surface area contributed by atoms with Gasteiger partial charge in [-0.3, -0.25) is 0 Å². The molecule has 0 aromatic heterocycles. The first kappa shape index (κ1) is 11.9. The van der Waals surface area contributed by atoms with Gasteiger partial charge in [0.15, 0.2) is 0 Å². The highest BCUT2D eigenvalue weighted by Gasteiger charge is 2.17. The average Bonchev–Trinajstić information content (AvgIpc) is 2.26. The second-order valence-electron chi connectivity index (χ2n) is 4.35. The van der Waals surface area contributed by atoms with E-state index < -0.39 is 5.97 Å². The molecule has 1 aliphatic carbocycles. The molecule has 0 aliphatic heterocycles. The molecule has 0 unspecified atom stereocenters. The van der Waals surface area contributed by atoms with Crippen LogP contribution < -0.4 is 10.1 Å². The third-order valence-electron chi connectivity index (χ3n) is 3.19. The van der Waals surface area contributed by atoms with Crippen molar-refractivity contribution >= 4 is 5.97 Å². The maximum Gasteiger partial charge on any atom is 0.339 e. The molecule has 0 heterocycles. The third-order valence-corrected chi connectivity index (χ3v) is 3.19. The fourth-order valence-electron chi connectivity index (χ4n) is 1.91. The first-order chi connectivity index (χ1) is 8.20. The molecule has 0 amide bonds. The normalized spacial score (nSPS) is 15.4. The van der Waals surface area contributed by atoms with Gasteiger partial charge in [-0.15, -0.1) is 0 Å². The summed E-state index contributed by atoms with van der Waals surface area (Å²) in [7, 11) is 1.48. The number of carboxylic acids is 1. The van der Waals surface area contributed by atoms with Crippen LogP contribution in [-0.2, 0) is 6.54 Å². The van der Waals surface area contributed by atoms with Crippen molar-refractivity contribution in [2.75, 3.05) is 7.11 Å². The van der Waals surface area contributed by atoms with E-state index in [1.54, 1.807) is 12.1 Å². The molecule has 17 heavy (non-hydrogen) atoms. The van der Waals surface area contributed by atoms with Gasteiger partial charge in [0.2, 0.25) is 0 Å². The van der Waals surface area contributed by atoms with Gasteiger partial charge < -0.3 is 15.2 Å². The lowest BCUT2D eigenvalue weighted by atomic mass is 9.93. The molecule has 0 saturated heterocycles. The summed E-state index contributed by atoms with van der Waals surface area (Å²) in [4.78, 5) is 11.0. The predicted molar refractivity (Wildman–Crippen MR) is 64.4 cm³/mol. The van der Waals surface area contributed by atoms with E-state index in [-0.39, 0.29) is 5.56 Å². The number of rotatable bonds is 5. The van der Waals surface area contributed by atoms with Gasteiger partial charge in [-0.2, -0.15) is 0 Å². The van der Waals surface area contributed by atoms with E-state index >= 15 is 0 Å². The zero-order valence-electron chi connectivity index (χ0n) is 9.90. The Morgan fingerprint density at radius 3 is 2.82 bits per heavy atom. The molecule has 1 aromatic carbocycles. The topological polar surface area (TPSA) is 58.6 Å². The lowest BCUT2D eigenvalue weighted by molar-refractivity contribution is 0.0693. The van der Waals surface area contributed by atoms with Crippen LogP contribution in [0.4, 0.5) is 0 Å². The van der Waals surface area contributed by atoms with Gasteiger partial charge in [-0.05, 0) is 30.5 Å². The summed E-state index contributed by atoms with van der Waals surface area (Å²) in [6.07, 6.45) is 3.74. The lowest BCUT2D eigenvalue weighted by Crippen LogP contribution is -2.34. The maximum absolute atomic E-state index is 11.0. The van der Waals surface area contributed by atoms with E-state index in [1.807, 2.05) is 6.07 Å².